The highest BCUT2D eigenvalue weighted by Gasteiger charge is 2.07. The van der Waals surface area contributed by atoms with Gasteiger partial charge in [-0.15, -0.1) is 11.8 Å². The molecule has 2 rings (SSSR count). The SMILES string of the molecule is CSc1cccc(-c2ccc(C(=O)O)cc2C)c1. The molecular formula is C15H14O2S. The molecule has 3 heteroatoms. The van der Waals surface area contributed by atoms with Crippen molar-refractivity contribution in [1.29, 1.82) is 0 Å². The van der Waals surface area contributed by atoms with Gasteiger partial charge in [-0.25, -0.2) is 4.79 Å². The number of carboxylic acid groups (broad SMARTS) is 1. The maximum Gasteiger partial charge on any atom is 0.335 e. The Morgan fingerprint density at radius 1 is 1.17 bits per heavy atom. The van der Waals surface area contributed by atoms with E-state index < -0.39 is 5.97 Å². The number of benzene rings is 2. The van der Waals surface area contributed by atoms with Crippen LogP contribution >= 0.6 is 11.8 Å². The molecule has 2 aromatic carbocycles. The lowest BCUT2D eigenvalue weighted by atomic mass is 9.98. The van der Waals surface area contributed by atoms with E-state index in [4.69, 9.17) is 5.11 Å². The molecule has 0 heterocycles. The largest absolute Gasteiger partial charge is 0.478 e. The summed E-state index contributed by atoms with van der Waals surface area (Å²) in [6, 6.07) is 13.5. The summed E-state index contributed by atoms with van der Waals surface area (Å²) >= 11 is 1.70. The van der Waals surface area contributed by atoms with Gasteiger partial charge in [0.15, 0.2) is 0 Å². The first-order valence-corrected chi connectivity index (χ1v) is 6.82. The van der Waals surface area contributed by atoms with Gasteiger partial charge in [0, 0.05) is 4.90 Å². The Bertz CT molecular complexity index is 591. The Kier molecular flexibility index (Phi) is 3.72. The van der Waals surface area contributed by atoms with Crippen molar-refractivity contribution in [3.05, 3.63) is 53.6 Å². The second-order valence-electron chi connectivity index (χ2n) is 4.07. The van der Waals surface area contributed by atoms with Gasteiger partial charge >= 0.3 is 5.97 Å². The van der Waals surface area contributed by atoms with Crippen LogP contribution in [0.4, 0.5) is 0 Å². The van der Waals surface area contributed by atoms with Crippen LogP contribution in [0.2, 0.25) is 0 Å². The summed E-state index contributed by atoms with van der Waals surface area (Å²) in [4.78, 5) is 12.1. The smallest absolute Gasteiger partial charge is 0.335 e. The van der Waals surface area contributed by atoms with Crippen molar-refractivity contribution < 1.29 is 9.90 Å². The first-order valence-electron chi connectivity index (χ1n) is 5.60. The van der Waals surface area contributed by atoms with E-state index in [9.17, 15) is 4.79 Å². The van der Waals surface area contributed by atoms with Crippen LogP contribution in [0.5, 0.6) is 0 Å². The van der Waals surface area contributed by atoms with E-state index in [1.54, 1.807) is 23.9 Å². The highest BCUT2D eigenvalue weighted by molar-refractivity contribution is 7.98. The van der Waals surface area contributed by atoms with Gasteiger partial charge in [-0.1, -0.05) is 18.2 Å². The molecule has 0 bridgehead atoms. The van der Waals surface area contributed by atoms with Crippen LogP contribution in [0.3, 0.4) is 0 Å². The highest BCUT2D eigenvalue weighted by atomic mass is 32.2. The normalized spacial score (nSPS) is 10.3. The maximum atomic E-state index is 10.9. The van der Waals surface area contributed by atoms with Crippen LogP contribution in [0.25, 0.3) is 11.1 Å². The molecule has 0 radical (unpaired) electrons. The molecule has 0 saturated heterocycles. The molecule has 2 aromatic rings. The summed E-state index contributed by atoms with van der Waals surface area (Å²) in [5.74, 6) is -0.887. The van der Waals surface area contributed by atoms with Crippen LogP contribution in [-0.2, 0) is 0 Å². The molecule has 0 aromatic heterocycles. The molecule has 92 valence electrons. The van der Waals surface area contributed by atoms with Gasteiger partial charge in [0.25, 0.3) is 0 Å². The Morgan fingerprint density at radius 2 is 1.94 bits per heavy atom. The van der Waals surface area contributed by atoms with Crippen molar-refractivity contribution in [1.82, 2.24) is 0 Å². The average Bonchev–Trinajstić information content (AvgIpc) is 2.38. The van der Waals surface area contributed by atoms with Crippen LogP contribution in [0.15, 0.2) is 47.4 Å². The number of carboxylic acids is 1. The van der Waals surface area contributed by atoms with Gasteiger partial charge in [-0.2, -0.15) is 0 Å². The third-order valence-corrected chi connectivity index (χ3v) is 3.58. The van der Waals surface area contributed by atoms with E-state index in [0.29, 0.717) is 5.56 Å². The predicted molar refractivity (Wildman–Crippen MR) is 75.4 cm³/mol. The zero-order valence-corrected chi connectivity index (χ0v) is 11.1. The van der Waals surface area contributed by atoms with Crippen LogP contribution < -0.4 is 0 Å². The number of hydrogen-bond donors (Lipinski definition) is 1. The van der Waals surface area contributed by atoms with Crippen LogP contribution in [-0.4, -0.2) is 17.3 Å². The van der Waals surface area contributed by atoms with Gasteiger partial charge in [-0.05, 0) is 54.1 Å². The topological polar surface area (TPSA) is 37.3 Å². The van der Waals surface area contributed by atoms with E-state index in [1.165, 1.54) is 4.90 Å². The minimum atomic E-state index is -0.887. The van der Waals surface area contributed by atoms with E-state index in [2.05, 4.69) is 12.1 Å². The fourth-order valence-electron chi connectivity index (χ4n) is 1.91. The summed E-state index contributed by atoms with van der Waals surface area (Å²) in [5, 5.41) is 8.95. The molecule has 0 fully saturated rings. The first kappa shape index (κ1) is 12.7. The molecule has 2 nitrogen and oxygen atoms in total. The van der Waals surface area contributed by atoms with E-state index in [0.717, 1.165) is 16.7 Å². The fourth-order valence-corrected chi connectivity index (χ4v) is 2.37. The molecule has 0 spiro atoms. The summed E-state index contributed by atoms with van der Waals surface area (Å²) in [6.07, 6.45) is 2.04. The van der Waals surface area contributed by atoms with E-state index in [1.807, 2.05) is 31.4 Å². The fraction of sp³-hybridized carbons (Fsp3) is 0.133. The van der Waals surface area contributed by atoms with Crippen molar-refractivity contribution in [3.8, 4) is 11.1 Å². The summed E-state index contributed by atoms with van der Waals surface area (Å²) < 4.78 is 0. The summed E-state index contributed by atoms with van der Waals surface area (Å²) in [7, 11) is 0. The van der Waals surface area contributed by atoms with Crippen LogP contribution in [0.1, 0.15) is 15.9 Å². The van der Waals surface area contributed by atoms with Crippen molar-refractivity contribution in [2.45, 2.75) is 11.8 Å². The molecule has 0 aliphatic carbocycles. The maximum absolute atomic E-state index is 10.9. The van der Waals surface area contributed by atoms with Gasteiger partial charge < -0.3 is 5.11 Å². The van der Waals surface area contributed by atoms with Gasteiger partial charge in [0.2, 0.25) is 0 Å². The first-order chi connectivity index (χ1) is 8.61. The third kappa shape index (κ3) is 2.57. The number of aryl methyl sites for hydroxylation is 1. The van der Waals surface area contributed by atoms with Crippen molar-refractivity contribution in [2.75, 3.05) is 6.26 Å². The minimum absolute atomic E-state index is 0.331. The lowest BCUT2D eigenvalue weighted by Crippen LogP contribution is -1.97. The molecule has 1 N–H and O–H groups in total. The summed E-state index contributed by atoms with van der Waals surface area (Å²) in [6.45, 7) is 1.94. The van der Waals surface area contributed by atoms with Crippen molar-refractivity contribution in [3.63, 3.8) is 0 Å². The molecule has 0 amide bonds. The quantitative estimate of drug-likeness (QED) is 0.843. The average molecular weight is 258 g/mol. The number of hydrogen-bond acceptors (Lipinski definition) is 2. The minimum Gasteiger partial charge on any atom is -0.478 e. The van der Waals surface area contributed by atoms with Crippen molar-refractivity contribution >= 4 is 17.7 Å². The molecule has 0 aliphatic heterocycles. The Labute approximate surface area is 111 Å². The number of rotatable bonds is 3. The summed E-state index contributed by atoms with van der Waals surface area (Å²) in [5.41, 5.74) is 3.51. The zero-order valence-electron chi connectivity index (χ0n) is 10.3. The standard InChI is InChI=1S/C15H14O2S/c1-10-8-12(15(16)17)6-7-14(10)11-4-3-5-13(9-11)18-2/h3-9H,1-2H3,(H,16,17). The molecular weight excluding hydrogens is 244 g/mol. The van der Waals surface area contributed by atoms with Crippen molar-refractivity contribution in [2.24, 2.45) is 0 Å². The number of aromatic carboxylic acids is 1. The molecule has 18 heavy (non-hydrogen) atoms. The highest BCUT2D eigenvalue weighted by Crippen LogP contribution is 2.27. The van der Waals surface area contributed by atoms with E-state index in [-0.39, 0.29) is 0 Å². The lowest BCUT2D eigenvalue weighted by molar-refractivity contribution is 0.0697. The van der Waals surface area contributed by atoms with Gasteiger partial charge in [0.1, 0.15) is 0 Å². The molecule has 0 aliphatic rings. The number of thioether (sulfide) groups is 1. The Hall–Kier alpha value is -1.74. The zero-order chi connectivity index (χ0) is 13.1. The van der Waals surface area contributed by atoms with Crippen LogP contribution in [0, 0.1) is 6.92 Å². The molecule has 0 atom stereocenters. The van der Waals surface area contributed by atoms with E-state index >= 15 is 0 Å². The second kappa shape index (κ2) is 5.27. The third-order valence-electron chi connectivity index (χ3n) is 2.85. The van der Waals surface area contributed by atoms with Gasteiger partial charge in [-0.3, -0.25) is 0 Å². The predicted octanol–water partition coefficient (Wildman–Crippen LogP) is 4.08. The Morgan fingerprint density at radius 3 is 2.56 bits per heavy atom. The second-order valence-corrected chi connectivity index (χ2v) is 4.95. The lowest BCUT2D eigenvalue weighted by Gasteiger charge is -2.08. The monoisotopic (exact) mass is 258 g/mol. The molecule has 0 unspecified atom stereocenters. The van der Waals surface area contributed by atoms with Gasteiger partial charge in [0.05, 0.1) is 5.56 Å². The molecule has 0 saturated carbocycles. The Balaban J connectivity index is 2.47. The number of carbonyl (C=O) groups is 1.